The number of carbonyl (C=O) groups excluding carboxylic acids is 1. The number of aliphatic imine (C=N–C) groups is 1. The van der Waals surface area contributed by atoms with E-state index in [1.807, 2.05) is 42.5 Å². The molecule has 0 radical (unpaired) electrons. The van der Waals surface area contributed by atoms with Gasteiger partial charge in [0.1, 0.15) is 5.84 Å². The minimum absolute atomic E-state index is 0.219. The predicted molar refractivity (Wildman–Crippen MR) is 118 cm³/mol. The van der Waals surface area contributed by atoms with E-state index in [0.717, 1.165) is 55.7 Å². The number of nitrogens with zero attached hydrogens (tertiary/aromatic N) is 2. The SMILES string of the molecule is CCCCN(CCCC)C(=NCc1ccccc1)c1ccccc1C(=O)S. The zero-order valence-corrected chi connectivity index (χ0v) is 17.3. The molecule has 0 saturated carbocycles. The fourth-order valence-corrected chi connectivity index (χ4v) is 3.19. The van der Waals surface area contributed by atoms with Crippen molar-refractivity contribution in [2.45, 2.75) is 46.1 Å². The Morgan fingerprint density at radius 3 is 2.00 bits per heavy atom. The quantitative estimate of drug-likeness (QED) is 0.329. The van der Waals surface area contributed by atoms with E-state index in [0.29, 0.717) is 12.1 Å². The number of unbranched alkanes of at least 4 members (excludes halogenated alkanes) is 2. The molecule has 0 heterocycles. The molecule has 144 valence electrons. The summed E-state index contributed by atoms with van der Waals surface area (Å²) in [5.74, 6) is 0.902. The van der Waals surface area contributed by atoms with E-state index in [2.05, 4.69) is 43.5 Å². The smallest absolute Gasteiger partial charge is 0.217 e. The molecule has 0 aromatic heterocycles. The van der Waals surface area contributed by atoms with E-state index in [1.54, 1.807) is 0 Å². The van der Waals surface area contributed by atoms with Gasteiger partial charge in [-0.2, -0.15) is 0 Å². The Hall–Kier alpha value is -2.07. The molecular formula is C23H30N2OS. The minimum atomic E-state index is -0.219. The lowest BCUT2D eigenvalue weighted by atomic mass is 10.1. The lowest BCUT2D eigenvalue weighted by Crippen LogP contribution is -2.34. The van der Waals surface area contributed by atoms with E-state index in [9.17, 15) is 4.79 Å². The maximum Gasteiger partial charge on any atom is 0.217 e. The summed E-state index contributed by atoms with van der Waals surface area (Å²) in [4.78, 5) is 19.4. The topological polar surface area (TPSA) is 32.7 Å². The zero-order valence-electron chi connectivity index (χ0n) is 16.4. The molecule has 0 fully saturated rings. The van der Waals surface area contributed by atoms with Crippen LogP contribution in [0.2, 0.25) is 0 Å². The van der Waals surface area contributed by atoms with Crippen LogP contribution in [-0.4, -0.2) is 28.9 Å². The predicted octanol–water partition coefficient (Wildman–Crippen LogP) is 5.61. The Morgan fingerprint density at radius 1 is 0.889 bits per heavy atom. The summed E-state index contributed by atoms with van der Waals surface area (Å²) < 4.78 is 0. The summed E-state index contributed by atoms with van der Waals surface area (Å²) in [6.07, 6.45) is 4.46. The van der Waals surface area contributed by atoms with Crippen LogP contribution in [0.4, 0.5) is 0 Å². The lowest BCUT2D eigenvalue weighted by molar-refractivity contribution is 0.109. The van der Waals surface area contributed by atoms with Crippen LogP contribution in [0.3, 0.4) is 0 Å². The largest absolute Gasteiger partial charge is 0.356 e. The molecule has 2 aromatic carbocycles. The third-order valence-electron chi connectivity index (χ3n) is 4.52. The second kappa shape index (κ2) is 11.6. The van der Waals surface area contributed by atoms with Gasteiger partial charge in [0.15, 0.2) is 0 Å². The number of benzene rings is 2. The van der Waals surface area contributed by atoms with Gasteiger partial charge in [-0.05, 0) is 24.5 Å². The number of hydrogen-bond donors (Lipinski definition) is 1. The summed E-state index contributed by atoms with van der Waals surface area (Å²) in [6.45, 7) is 6.88. The molecule has 2 aromatic rings. The molecule has 0 aliphatic heterocycles. The second-order valence-corrected chi connectivity index (χ2v) is 7.08. The lowest BCUT2D eigenvalue weighted by Gasteiger charge is -2.27. The van der Waals surface area contributed by atoms with Crippen molar-refractivity contribution in [2.24, 2.45) is 4.99 Å². The van der Waals surface area contributed by atoms with Crippen LogP contribution in [0.1, 0.15) is 61.0 Å². The Bertz CT molecular complexity index is 735. The van der Waals surface area contributed by atoms with Crippen molar-refractivity contribution in [3.63, 3.8) is 0 Å². The minimum Gasteiger partial charge on any atom is -0.356 e. The molecule has 0 unspecified atom stereocenters. The summed E-state index contributed by atoms with van der Waals surface area (Å²) in [6, 6.07) is 17.9. The summed E-state index contributed by atoms with van der Waals surface area (Å²) in [5.41, 5.74) is 2.65. The van der Waals surface area contributed by atoms with E-state index in [1.165, 1.54) is 0 Å². The maximum absolute atomic E-state index is 12.1. The summed E-state index contributed by atoms with van der Waals surface area (Å²) >= 11 is 4.09. The van der Waals surface area contributed by atoms with Crippen molar-refractivity contribution in [2.75, 3.05) is 13.1 Å². The Kier molecular flexibility index (Phi) is 9.12. The molecule has 0 saturated heterocycles. The first kappa shape index (κ1) is 21.2. The monoisotopic (exact) mass is 382 g/mol. The van der Waals surface area contributed by atoms with Crippen LogP contribution in [-0.2, 0) is 6.54 Å². The molecule has 0 N–H and O–H groups in total. The Morgan fingerprint density at radius 2 is 1.44 bits per heavy atom. The first-order chi connectivity index (χ1) is 13.2. The van der Waals surface area contributed by atoms with E-state index < -0.39 is 0 Å². The van der Waals surface area contributed by atoms with Crippen molar-refractivity contribution in [3.05, 3.63) is 71.3 Å². The molecule has 0 amide bonds. The third-order valence-corrected chi connectivity index (χ3v) is 4.76. The van der Waals surface area contributed by atoms with Gasteiger partial charge in [0.25, 0.3) is 0 Å². The Balaban J connectivity index is 2.44. The molecule has 0 atom stereocenters. The highest BCUT2D eigenvalue weighted by Crippen LogP contribution is 2.17. The van der Waals surface area contributed by atoms with E-state index in [4.69, 9.17) is 4.99 Å². The van der Waals surface area contributed by atoms with Crippen molar-refractivity contribution in [3.8, 4) is 0 Å². The van der Waals surface area contributed by atoms with Gasteiger partial charge < -0.3 is 4.90 Å². The van der Waals surface area contributed by atoms with Gasteiger partial charge in [-0.15, -0.1) is 12.6 Å². The van der Waals surface area contributed by atoms with E-state index in [-0.39, 0.29) is 5.12 Å². The van der Waals surface area contributed by atoms with Crippen molar-refractivity contribution in [1.82, 2.24) is 4.90 Å². The van der Waals surface area contributed by atoms with Gasteiger partial charge in [-0.3, -0.25) is 9.79 Å². The summed E-state index contributed by atoms with van der Waals surface area (Å²) in [5, 5.41) is -0.219. The standard InChI is InChI=1S/C23H30N2OS/c1-3-5-16-25(17-6-4-2)22(24-18-19-12-8-7-9-13-19)20-14-10-11-15-21(20)23(26)27/h7-15H,3-6,16-18H2,1-2H3,(H,26,27). The van der Waals surface area contributed by atoms with Crippen molar-refractivity contribution < 1.29 is 4.79 Å². The highest BCUT2D eigenvalue weighted by atomic mass is 32.1. The van der Waals surface area contributed by atoms with E-state index >= 15 is 0 Å². The third kappa shape index (κ3) is 6.55. The number of amidine groups is 1. The molecule has 2 rings (SSSR count). The van der Waals surface area contributed by atoms with Crippen LogP contribution in [0, 0.1) is 0 Å². The van der Waals surface area contributed by atoms with Crippen LogP contribution in [0.5, 0.6) is 0 Å². The van der Waals surface area contributed by atoms with Crippen molar-refractivity contribution >= 4 is 23.6 Å². The molecule has 0 aliphatic rings. The van der Waals surface area contributed by atoms with Crippen LogP contribution in [0.25, 0.3) is 0 Å². The maximum atomic E-state index is 12.1. The zero-order chi connectivity index (χ0) is 19.5. The second-order valence-electron chi connectivity index (χ2n) is 6.67. The Labute approximate surface area is 168 Å². The van der Waals surface area contributed by atoms with Gasteiger partial charge in [0, 0.05) is 24.2 Å². The van der Waals surface area contributed by atoms with Crippen LogP contribution >= 0.6 is 12.6 Å². The molecule has 0 spiro atoms. The van der Waals surface area contributed by atoms with Gasteiger partial charge >= 0.3 is 0 Å². The number of thiol groups is 1. The average molecular weight is 383 g/mol. The highest BCUT2D eigenvalue weighted by Gasteiger charge is 2.18. The van der Waals surface area contributed by atoms with Gasteiger partial charge in [0.2, 0.25) is 5.12 Å². The van der Waals surface area contributed by atoms with Gasteiger partial charge in [-0.1, -0.05) is 75.2 Å². The van der Waals surface area contributed by atoms with Crippen LogP contribution < -0.4 is 0 Å². The molecule has 0 bridgehead atoms. The number of rotatable bonds is 10. The molecule has 4 heteroatoms. The fourth-order valence-electron chi connectivity index (χ4n) is 2.99. The van der Waals surface area contributed by atoms with Crippen LogP contribution in [0.15, 0.2) is 59.6 Å². The molecule has 27 heavy (non-hydrogen) atoms. The normalized spacial score (nSPS) is 11.4. The van der Waals surface area contributed by atoms with Crippen molar-refractivity contribution in [1.29, 1.82) is 0 Å². The number of carbonyl (C=O) groups is 1. The fraction of sp³-hybridized carbons (Fsp3) is 0.391. The summed E-state index contributed by atoms with van der Waals surface area (Å²) in [7, 11) is 0. The molecule has 0 aliphatic carbocycles. The first-order valence-corrected chi connectivity index (χ1v) is 10.3. The van der Waals surface area contributed by atoms with Gasteiger partial charge in [-0.25, -0.2) is 0 Å². The number of hydrogen-bond acceptors (Lipinski definition) is 2. The molecule has 3 nitrogen and oxygen atoms in total. The highest BCUT2D eigenvalue weighted by molar-refractivity contribution is 7.97. The first-order valence-electron chi connectivity index (χ1n) is 9.83. The van der Waals surface area contributed by atoms with Gasteiger partial charge in [0.05, 0.1) is 6.54 Å². The average Bonchev–Trinajstić information content (AvgIpc) is 2.70. The molecular weight excluding hydrogens is 352 g/mol.